The minimum absolute atomic E-state index is 0.119. The molecule has 0 unspecified atom stereocenters. The van der Waals surface area contributed by atoms with Gasteiger partial charge in [0.1, 0.15) is 10.8 Å². The summed E-state index contributed by atoms with van der Waals surface area (Å²) in [4.78, 5) is 31.7. The van der Waals surface area contributed by atoms with Gasteiger partial charge >= 0.3 is 5.69 Å². The summed E-state index contributed by atoms with van der Waals surface area (Å²) >= 11 is 5.79. The Morgan fingerprint density at radius 3 is 2.75 bits per heavy atom. The van der Waals surface area contributed by atoms with Gasteiger partial charge in [0.2, 0.25) is 5.78 Å². The largest absolute Gasteiger partial charge is 0.323 e. The molecule has 6 heteroatoms. The van der Waals surface area contributed by atoms with Crippen molar-refractivity contribution < 1.29 is 4.79 Å². The van der Waals surface area contributed by atoms with E-state index >= 15 is 0 Å². The minimum atomic E-state index is -0.416. The lowest BCUT2D eigenvalue weighted by atomic mass is 10.1. The molecule has 0 aliphatic carbocycles. The molecule has 2 aromatic rings. The second kappa shape index (κ2) is 3.94. The summed E-state index contributed by atoms with van der Waals surface area (Å²) in [6.07, 6.45) is 1.49. The number of carbonyl (C=O) groups excluding carboxylic acids is 1. The molecule has 0 fully saturated rings. The highest BCUT2D eigenvalue weighted by Gasteiger charge is 2.17. The van der Waals surface area contributed by atoms with Crippen molar-refractivity contribution in [2.75, 3.05) is 0 Å². The normalized spacial score (nSPS) is 10.4. The lowest BCUT2D eigenvalue weighted by Gasteiger charge is -2.00. The predicted octanol–water partition coefficient (Wildman–Crippen LogP) is 1.29. The van der Waals surface area contributed by atoms with Crippen LogP contribution in [-0.4, -0.2) is 20.7 Å². The molecule has 82 valence electrons. The fourth-order valence-electron chi connectivity index (χ4n) is 1.39. The number of H-pyrrole nitrogens is 2. The number of halogens is 1. The van der Waals surface area contributed by atoms with E-state index in [1.807, 2.05) is 0 Å². The third-order valence-electron chi connectivity index (χ3n) is 2.15. The fraction of sp³-hybridized carbons (Fsp3) is 0.100. The quantitative estimate of drug-likeness (QED) is 0.610. The van der Waals surface area contributed by atoms with Crippen LogP contribution in [0.25, 0.3) is 0 Å². The van der Waals surface area contributed by atoms with Crippen molar-refractivity contribution >= 4 is 17.4 Å². The number of ketones is 1. The summed E-state index contributed by atoms with van der Waals surface area (Å²) in [6, 6.07) is 3.17. The van der Waals surface area contributed by atoms with Crippen molar-refractivity contribution in [3.63, 3.8) is 0 Å². The first-order valence-corrected chi connectivity index (χ1v) is 4.91. The van der Waals surface area contributed by atoms with E-state index in [0.717, 1.165) is 0 Å². The van der Waals surface area contributed by atoms with Crippen molar-refractivity contribution in [3.05, 3.63) is 50.9 Å². The molecule has 0 amide bonds. The summed E-state index contributed by atoms with van der Waals surface area (Å²) in [5.74, 6) is -0.353. The Hall–Kier alpha value is -1.88. The second-order valence-electron chi connectivity index (χ2n) is 3.25. The molecular formula is C10H8ClN3O2. The van der Waals surface area contributed by atoms with Gasteiger partial charge in [0.05, 0.1) is 5.56 Å². The molecule has 2 heterocycles. The highest BCUT2D eigenvalue weighted by atomic mass is 35.5. The molecule has 0 atom stereocenters. The van der Waals surface area contributed by atoms with E-state index in [1.165, 1.54) is 6.20 Å². The summed E-state index contributed by atoms with van der Waals surface area (Å²) in [7, 11) is 0. The predicted molar refractivity (Wildman–Crippen MR) is 58.8 cm³/mol. The number of aromatic nitrogens is 3. The number of imidazole rings is 1. The van der Waals surface area contributed by atoms with Gasteiger partial charge in [-0.15, -0.1) is 0 Å². The lowest BCUT2D eigenvalue weighted by Crippen LogP contribution is -2.07. The van der Waals surface area contributed by atoms with Crippen LogP contribution in [0.2, 0.25) is 5.15 Å². The van der Waals surface area contributed by atoms with Gasteiger partial charge in [-0.25, -0.2) is 9.78 Å². The number of aryl methyl sites for hydroxylation is 1. The first kappa shape index (κ1) is 10.6. The van der Waals surface area contributed by atoms with E-state index in [4.69, 9.17) is 11.6 Å². The van der Waals surface area contributed by atoms with Crippen LogP contribution in [0.5, 0.6) is 0 Å². The van der Waals surface area contributed by atoms with E-state index in [-0.39, 0.29) is 22.2 Å². The number of nitrogens with one attached hydrogen (secondary N) is 2. The smallest absolute Gasteiger partial charge is 0.310 e. The standard InChI is InChI=1S/C10H8ClN3O2/c1-5-7(14-10(16)13-5)8(15)6-3-2-4-12-9(6)11/h2-4H,1H3,(H2,13,14,16). The van der Waals surface area contributed by atoms with Gasteiger partial charge in [0.15, 0.2) is 0 Å². The number of rotatable bonds is 2. The van der Waals surface area contributed by atoms with Gasteiger partial charge in [0.25, 0.3) is 0 Å². The maximum Gasteiger partial charge on any atom is 0.323 e. The Balaban J connectivity index is 2.51. The minimum Gasteiger partial charge on any atom is -0.310 e. The molecule has 0 aliphatic rings. The molecule has 5 nitrogen and oxygen atoms in total. The molecular weight excluding hydrogens is 230 g/mol. The summed E-state index contributed by atoms with van der Waals surface area (Å²) in [6.45, 7) is 1.63. The van der Waals surface area contributed by atoms with Gasteiger partial charge < -0.3 is 9.97 Å². The molecule has 2 rings (SSSR count). The highest BCUT2D eigenvalue weighted by Crippen LogP contribution is 2.16. The SMILES string of the molecule is Cc1[nH]c(=O)[nH]c1C(=O)c1cccnc1Cl. The van der Waals surface area contributed by atoms with Crippen molar-refractivity contribution in [3.8, 4) is 0 Å². The molecule has 2 N–H and O–H groups in total. The average Bonchev–Trinajstić information content (AvgIpc) is 2.58. The maximum absolute atomic E-state index is 12.0. The molecule has 2 aromatic heterocycles. The number of carbonyl (C=O) groups is 1. The van der Waals surface area contributed by atoms with Crippen molar-refractivity contribution in [1.29, 1.82) is 0 Å². The van der Waals surface area contributed by atoms with E-state index in [0.29, 0.717) is 5.69 Å². The van der Waals surface area contributed by atoms with Crippen LogP contribution in [0, 0.1) is 6.92 Å². The third kappa shape index (κ3) is 1.77. The topological polar surface area (TPSA) is 78.6 Å². The van der Waals surface area contributed by atoms with Crippen LogP contribution in [0.15, 0.2) is 23.1 Å². The number of aromatic amines is 2. The number of nitrogens with zero attached hydrogens (tertiary/aromatic N) is 1. The highest BCUT2D eigenvalue weighted by molar-refractivity contribution is 6.33. The molecule has 0 aromatic carbocycles. The van der Waals surface area contributed by atoms with Crippen LogP contribution in [0.4, 0.5) is 0 Å². The molecule has 0 radical (unpaired) electrons. The van der Waals surface area contributed by atoms with E-state index in [9.17, 15) is 9.59 Å². The monoisotopic (exact) mass is 237 g/mol. The summed E-state index contributed by atoms with van der Waals surface area (Å²) in [5.41, 5.74) is 0.540. The van der Waals surface area contributed by atoms with Gasteiger partial charge in [-0.3, -0.25) is 4.79 Å². The molecule has 0 saturated heterocycles. The zero-order valence-corrected chi connectivity index (χ0v) is 9.13. The lowest BCUT2D eigenvalue weighted by molar-refractivity contribution is 0.103. The van der Waals surface area contributed by atoms with E-state index < -0.39 is 5.69 Å². The van der Waals surface area contributed by atoms with Crippen LogP contribution in [0.1, 0.15) is 21.7 Å². The Morgan fingerprint density at radius 2 is 2.19 bits per heavy atom. The van der Waals surface area contributed by atoms with Gasteiger partial charge in [-0.2, -0.15) is 0 Å². The van der Waals surface area contributed by atoms with Crippen LogP contribution < -0.4 is 5.69 Å². The van der Waals surface area contributed by atoms with Crippen molar-refractivity contribution in [2.24, 2.45) is 0 Å². The fourth-order valence-corrected chi connectivity index (χ4v) is 1.59. The van der Waals surface area contributed by atoms with E-state index in [1.54, 1.807) is 19.1 Å². The molecule has 16 heavy (non-hydrogen) atoms. The first-order chi connectivity index (χ1) is 7.59. The Labute approximate surface area is 95.5 Å². The van der Waals surface area contributed by atoms with Gasteiger partial charge in [-0.05, 0) is 19.1 Å². The summed E-state index contributed by atoms with van der Waals surface area (Å²) in [5, 5.41) is 0.119. The Bertz CT molecular complexity index is 600. The average molecular weight is 238 g/mol. The molecule has 0 aliphatic heterocycles. The maximum atomic E-state index is 12.0. The van der Waals surface area contributed by atoms with Crippen molar-refractivity contribution in [1.82, 2.24) is 15.0 Å². The number of hydrogen-bond donors (Lipinski definition) is 2. The Morgan fingerprint density at radius 1 is 1.44 bits per heavy atom. The van der Waals surface area contributed by atoms with Crippen molar-refractivity contribution in [2.45, 2.75) is 6.92 Å². The first-order valence-electron chi connectivity index (χ1n) is 4.53. The molecule has 0 bridgehead atoms. The Kier molecular flexibility index (Phi) is 2.62. The van der Waals surface area contributed by atoms with Gasteiger partial charge in [0, 0.05) is 11.9 Å². The number of pyridine rings is 1. The molecule has 0 spiro atoms. The zero-order chi connectivity index (χ0) is 11.7. The van der Waals surface area contributed by atoms with E-state index in [2.05, 4.69) is 15.0 Å². The van der Waals surface area contributed by atoms with Crippen LogP contribution >= 0.6 is 11.6 Å². The zero-order valence-electron chi connectivity index (χ0n) is 8.37. The van der Waals surface area contributed by atoms with Gasteiger partial charge in [-0.1, -0.05) is 11.6 Å². The second-order valence-corrected chi connectivity index (χ2v) is 3.61. The summed E-state index contributed by atoms with van der Waals surface area (Å²) < 4.78 is 0. The van der Waals surface area contributed by atoms with Crippen LogP contribution in [0.3, 0.4) is 0 Å². The number of hydrogen-bond acceptors (Lipinski definition) is 3. The van der Waals surface area contributed by atoms with Crippen LogP contribution in [-0.2, 0) is 0 Å². The third-order valence-corrected chi connectivity index (χ3v) is 2.45. The molecule has 0 saturated carbocycles.